The second kappa shape index (κ2) is 8.12. The van der Waals surface area contributed by atoms with Crippen molar-refractivity contribution in [3.05, 3.63) is 45.8 Å². The quantitative estimate of drug-likeness (QED) is 0.751. The molecular weight excluding hydrogens is 377 g/mol. The Balaban J connectivity index is 2.12. The van der Waals surface area contributed by atoms with E-state index in [0.717, 1.165) is 11.1 Å². The number of nitrogens with zero attached hydrogens (tertiary/aromatic N) is 3. The summed E-state index contributed by atoms with van der Waals surface area (Å²) in [6, 6.07) is 5.27. The molecule has 26 heavy (non-hydrogen) atoms. The van der Waals surface area contributed by atoms with Gasteiger partial charge in [-0.25, -0.2) is 14.8 Å². The van der Waals surface area contributed by atoms with Crippen LogP contribution in [0, 0.1) is 0 Å². The Labute approximate surface area is 161 Å². The third kappa shape index (κ3) is 4.03. The van der Waals surface area contributed by atoms with E-state index in [0.29, 0.717) is 40.0 Å². The molecule has 1 amide bonds. The second-order valence-corrected chi connectivity index (χ2v) is 6.72. The lowest BCUT2D eigenvalue weighted by molar-refractivity contribution is 0.116. The number of rotatable bonds is 4. The largest absolute Gasteiger partial charge is 0.445 e. The van der Waals surface area contributed by atoms with Crippen molar-refractivity contribution in [3.63, 3.8) is 0 Å². The fraction of sp³-hybridized carbons (Fsp3) is 0.333. The minimum absolute atomic E-state index is 0.189. The van der Waals surface area contributed by atoms with E-state index >= 15 is 0 Å². The average Bonchev–Trinajstić information content (AvgIpc) is 2.78. The molecule has 0 aliphatic carbocycles. The van der Waals surface area contributed by atoms with Crippen LogP contribution in [-0.2, 0) is 16.1 Å². The van der Waals surface area contributed by atoms with Gasteiger partial charge in [0, 0.05) is 18.2 Å². The van der Waals surface area contributed by atoms with Crippen LogP contribution in [-0.4, -0.2) is 35.0 Å². The summed E-state index contributed by atoms with van der Waals surface area (Å²) in [6.45, 7) is 2.10. The van der Waals surface area contributed by atoms with Crippen LogP contribution < -0.4 is 0 Å². The zero-order chi connectivity index (χ0) is 18.7. The summed E-state index contributed by atoms with van der Waals surface area (Å²) in [7, 11) is 1.58. The summed E-state index contributed by atoms with van der Waals surface area (Å²) >= 11 is 12.2. The molecule has 3 rings (SSSR count). The Hall–Kier alpha value is -2.02. The van der Waals surface area contributed by atoms with E-state index in [9.17, 15) is 4.79 Å². The highest BCUT2D eigenvalue weighted by Crippen LogP contribution is 2.31. The van der Waals surface area contributed by atoms with Gasteiger partial charge >= 0.3 is 6.09 Å². The molecule has 0 fully saturated rings. The molecule has 0 N–H and O–H groups in total. The average molecular weight is 394 g/mol. The van der Waals surface area contributed by atoms with Crippen LogP contribution in [0.2, 0.25) is 10.0 Å². The first-order valence-corrected chi connectivity index (χ1v) is 8.82. The van der Waals surface area contributed by atoms with E-state index in [1.807, 2.05) is 13.0 Å². The molecule has 136 valence electrons. The standard InChI is InChI=1S/C18H17Cl2N3O3/c1-10-3-6-15(23-18(24)26-10)17-12(8-25-2)16(21-9-22-17)11-4-5-13(19)14(20)7-11/h4-5,7,9-10H,3,6,8H2,1-2H3. The summed E-state index contributed by atoms with van der Waals surface area (Å²) in [6.07, 6.45) is 1.88. The first-order chi connectivity index (χ1) is 12.5. The lowest BCUT2D eigenvalue weighted by atomic mass is 10.00. The number of methoxy groups -OCH3 is 1. The topological polar surface area (TPSA) is 73.7 Å². The van der Waals surface area contributed by atoms with Crippen molar-refractivity contribution >= 4 is 35.0 Å². The molecule has 1 atom stereocenters. The SMILES string of the molecule is COCc1c(C2=NC(=O)OC(C)CC2)ncnc1-c1ccc(Cl)c(Cl)c1. The van der Waals surface area contributed by atoms with Gasteiger partial charge in [0.05, 0.1) is 33.8 Å². The van der Waals surface area contributed by atoms with E-state index in [-0.39, 0.29) is 12.7 Å². The molecule has 0 bridgehead atoms. The van der Waals surface area contributed by atoms with Crippen molar-refractivity contribution in [2.45, 2.75) is 32.5 Å². The number of amides is 1. The smallest absolute Gasteiger partial charge is 0.434 e. The van der Waals surface area contributed by atoms with Gasteiger partial charge in [0.1, 0.15) is 12.4 Å². The highest BCUT2D eigenvalue weighted by atomic mass is 35.5. The highest BCUT2D eigenvalue weighted by molar-refractivity contribution is 6.42. The predicted molar refractivity (Wildman–Crippen MR) is 99.9 cm³/mol. The number of benzene rings is 1. The second-order valence-electron chi connectivity index (χ2n) is 5.90. The molecule has 2 heterocycles. The maximum Gasteiger partial charge on any atom is 0.434 e. The van der Waals surface area contributed by atoms with Crippen LogP contribution in [0.4, 0.5) is 4.79 Å². The number of halogens is 2. The lowest BCUT2D eigenvalue weighted by Gasteiger charge is -2.14. The third-order valence-corrected chi connectivity index (χ3v) is 4.76. The van der Waals surface area contributed by atoms with Crippen LogP contribution in [0.1, 0.15) is 31.0 Å². The number of carbonyl (C=O) groups is 1. The van der Waals surface area contributed by atoms with Gasteiger partial charge < -0.3 is 9.47 Å². The van der Waals surface area contributed by atoms with Crippen LogP contribution in [0.3, 0.4) is 0 Å². The van der Waals surface area contributed by atoms with Gasteiger partial charge in [-0.1, -0.05) is 29.3 Å². The van der Waals surface area contributed by atoms with Gasteiger partial charge in [-0.3, -0.25) is 0 Å². The molecule has 1 aliphatic heterocycles. The van der Waals surface area contributed by atoms with Gasteiger partial charge in [0.15, 0.2) is 0 Å². The Morgan fingerprint density at radius 1 is 1.23 bits per heavy atom. The minimum atomic E-state index is -0.608. The Kier molecular flexibility index (Phi) is 5.86. The molecule has 2 aromatic rings. The molecular formula is C18H17Cl2N3O3. The Morgan fingerprint density at radius 2 is 2.00 bits per heavy atom. The number of carbonyl (C=O) groups excluding carboxylic acids is 1. The van der Waals surface area contributed by atoms with Crippen molar-refractivity contribution in [1.29, 1.82) is 0 Å². The maximum absolute atomic E-state index is 11.9. The fourth-order valence-electron chi connectivity index (χ4n) is 2.77. The van der Waals surface area contributed by atoms with Crippen LogP contribution in [0.15, 0.2) is 29.5 Å². The molecule has 0 spiro atoms. The van der Waals surface area contributed by atoms with E-state index in [4.69, 9.17) is 32.7 Å². The summed E-state index contributed by atoms with van der Waals surface area (Å²) < 4.78 is 10.5. The van der Waals surface area contributed by atoms with E-state index in [1.54, 1.807) is 19.2 Å². The van der Waals surface area contributed by atoms with Crippen molar-refractivity contribution in [1.82, 2.24) is 9.97 Å². The highest BCUT2D eigenvalue weighted by Gasteiger charge is 2.23. The molecule has 0 saturated heterocycles. The van der Waals surface area contributed by atoms with Crippen molar-refractivity contribution < 1.29 is 14.3 Å². The summed E-state index contributed by atoms with van der Waals surface area (Å²) in [5.74, 6) is 0. The number of ether oxygens (including phenoxy) is 2. The summed E-state index contributed by atoms with van der Waals surface area (Å²) in [5, 5.41) is 0.889. The predicted octanol–water partition coefficient (Wildman–Crippen LogP) is 4.70. The normalized spacial score (nSPS) is 17.5. The molecule has 8 heteroatoms. The molecule has 1 unspecified atom stereocenters. The van der Waals surface area contributed by atoms with Gasteiger partial charge in [-0.2, -0.15) is 4.99 Å². The Bertz CT molecular complexity index is 871. The number of hydrogen-bond donors (Lipinski definition) is 0. The van der Waals surface area contributed by atoms with Crippen molar-refractivity contribution in [2.75, 3.05) is 7.11 Å². The monoisotopic (exact) mass is 393 g/mol. The molecule has 0 radical (unpaired) electrons. The molecule has 1 aromatic carbocycles. The summed E-state index contributed by atoms with van der Waals surface area (Å²) in [5.41, 5.74) is 3.31. The first kappa shape index (κ1) is 18.8. The van der Waals surface area contributed by atoms with Crippen LogP contribution >= 0.6 is 23.2 Å². The zero-order valence-electron chi connectivity index (χ0n) is 14.3. The van der Waals surface area contributed by atoms with Gasteiger partial charge in [-0.05, 0) is 31.9 Å². The molecule has 1 aliphatic rings. The number of aliphatic imine (C=N–C) groups is 1. The molecule has 6 nitrogen and oxygen atoms in total. The summed E-state index contributed by atoms with van der Waals surface area (Å²) in [4.78, 5) is 24.7. The van der Waals surface area contributed by atoms with Crippen LogP contribution in [0.25, 0.3) is 11.3 Å². The van der Waals surface area contributed by atoms with E-state index in [2.05, 4.69) is 15.0 Å². The molecule has 1 aromatic heterocycles. The molecule has 0 saturated carbocycles. The number of aromatic nitrogens is 2. The minimum Gasteiger partial charge on any atom is -0.445 e. The first-order valence-electron chi connectivity index (χ1n) is 8.06. The van der Waals surface area contributed by atoms with Gasteiger partial charge in [0.2, 0.25) is 0 Å². The zero-order valence-corrected chi connectivity index (χ0v) is 15.8. The fourth-order valence-corrected chi connectivity index (χ4v) is 3.07. The van der Waals surface area contributed by atoms with E-state index in [1.165, 1.54) is 6.33 Å². The van der Waals surface area contributed by atoms with E-state index < -0.39 is 6.09 Å². The third-order valence-electron chi connectivity index (χ3n) is 4.02. The van der Waals surface area contributed by atoms with Crippen molar-refractivity contribution in [3.8, 4) is 11.3 Å². The number of hydrogen-bond acceptors (Lipinski definition) is 5. The van der Waals surface area contributed by atoms with Crippen molar-refractivity contribution in [2.24, 2.45) is 4.99 Å². The maximum atomic E-state index is 11.9. The van der Waals surface area contributed by atoms with Gasteiger partial charge in [0.25, 0.3) is 0 Å². The van der Waals surface area contributed by atoms with Gasteiger partial charge in [-0.15, -0.1) is 0 Å². The Morgan fingerprint density at radius 3 is 2.73 bits per heavy atom. The number of cyclic esters (lactones) is 1. The lowest BCUT2D eigenvalue weighted by Crippen LogP contribution is -2.12. The van der Waals surface area contributed by atoms with Crippen LogP contribution in [0.5, 0.6) is 0 Å².